The second-order valence-electron chi connectivity index (χ2n) is 4.30. The normalized spacial score (nSPS) is 14.3. The quantitative estimate of drug-likeness (QED) is 0.753. The van der Waals surface area contributed by atoms with Crippen molar-refractivity contribution in [2.24, 2.45) is 5.41 Å². The van der Waals surface area contributed by atoms with E-state index in [2.05, 4.69) is 6.07 Å². The number of nitrogens with zero attached hydrogens (tertiary/aromatic N) is 1. The standard InChI is InChI=1S/C13H16ClN/c1-4-13(3,9-15)8-11-6-5-10(2)7-12(11)14/h5-7H,4,8H2,1-3H3. The van der Waals surface area contributed by atoms with Crippen LogP contribution in [0.15, 0.2) is 18.2 Å². The molecule has 1 rings (SSSR count). The molecule has 1 aromatic carbocycles. The second-order valence-corrected chi connectivity index (χ2v) is 4.70. The van der Waals surface area contributed by atoms with Crippen molar-refractivity contribution in [2.75, 3.05) is 0 Å². The third-order valence-electron chi connectivity index (χ3n) is 2.84. The van der Waals surface area contributed by atoms with Crippen molar-refractivity contribution in [1.82, 2.24) is 0 Å². The molecule has 15 heavy (non-hydrogen) atoms. The summed E-state index contributed by atoms with van der Waals surface area (Å²) in [5.74, 6) is 0. The molecule has 0 saturated carbocycles. The lowest BCUT2D eigenvalue weighted by Gasteiger charge is -2.20. The van der Waals surface area contributed by atoms with Gasteiger partial charge in [0.25, 0.3) is 0 Å². The van der Waals surface area contributed by atoms with E-state index in [1.165, 1.54) is 0 Å². The van der Waals surface area contributed by atoms with Crippen LogP contribution in [-0.4, -0.2) is 0 Å². The summed E-state index contributed by atoms with van der Waals surface area (Å²) in [6, 6.07) is 8.36. The van der Waals surface area contributed by atoms with Crippen molar-refractivity contribution < 1.29 is 0 Å². The highest BCUT2D eigenvalue weighted by Gasteiger charge is 2.22. The van der Waals surface area contributed by atoms with E-state index in [1.807, 2.05) is 39.0 Å². The Balaban J connectivity index is 2.95. The minimum atomic E-state index is -0.307. The van der Waals surface area contributed by atoms with Crippen LogP contribution >= 0.6 is 11.6 Å². The fraction of sp³-hybridized carbons (Fsp3) is 0.462. The smallest absolute Gasteiger partial charge is 0.0690 e. The largest absolute Gasteiger partial charge is 0.198 e. The van der Waals surface area contributed by atoms with Crippen molar-refractivity contribution in [1.29, 1.82) is 5.26 Å². The van der Waals surface area contributed by atoms with Gasteiger partial charge in [0.05, 0.1) is 11.5 Å². The monoisotopic (exact) mass is 221 g/mol. The van der Waals surface area contributed by atoms with Crippen LogP contribution in [0.4, 0.5) is 0 Å². The molecule has 0 spiro atoms. The molecule has 0 fully saturated rings. The number of hydrogen-bond donors (Lipinski definition) is 0. The van der Waals surface area contributed by atoms with Gasteiger partial charge in [-0.25, -0.2) is 0 Å². The molecule has 0 bridgehead atoms. The number of benzene rings is 1. The molecule has 0 heterocycles. The van der Waals surface area contributed by atoms with Crippen LogP contribution in [0.25, 0.3) is 0 Å². The fourth-order valence-corrected chi connectivity index (χ4v) is 1.76. The first-order valence-electron chi connectivity index (χ1n) is 5.17. The van der Waals surface area contributed by atoms with Gasteiger partial charge in [-0.3, -0.25) is 0 Å². The Morgan fingerprint density at radius 1 is 1.47 bits per heavy atom. The molecule has 0 saturated heterocycles. The summed E-state index contributed by atoms with van der Waals surface area (Å²) in [5.41, 5.74) is 1.91. The van der Waals surface area contributed by atoms with E-state index in [9.17, 15) is 0 Å². The highest BCUT2D eigenvalue weighted by Crippen LogP contribution is 2.29. The summed E-state index contributed by atoms with van der Waals surface area (Å²) < 4.78 is 0. The summed E-state index contributed by atoms with van der Waals surface area (Å²) >= 11 is 6.14. The Labute approximate surface area is 96.7 Å². The molecule has 1 atom stereocenters. The van der Waals surface area contributed by atoms with E-state index in [1.54, 1.807) is 0 Å². The van der Waals surface area contributed by atoms with Crippen LogP contribution in [0, 0.1) is 23.7 Å². The van der Waals surface area contributed by atoms with Crippen LogP contribution < -0.4 is 0 Å². The van der Waals surface area contributed by atoms with Crippen molar-refractivity contribution in [3.05, 3.63) is 34.3 Å². The maximum atomic E-state index is 9.10. The van der Waals surface area contributed by atoms with Gasteiger partial charge in [-0.1, -0.05) is 30.7 Å². The number of halogens is 1. The van der Waals surface area contributed by atoms with Gasteiger partial charge in [0.1, 0.15) is 0 Å². The first kappa shape index (κ1) is 12.1. The minimum Gasteiger partial charge on any atom is -0.198 e. The van der Waals surface area contributed by atoms with Gasteiger partial charge in [-0.2, -0.15) is 5.26 Å². The summed E-state index contributed by atoms with van der Waals surface area (Å²) in [4.78, 5) is 0. The summed E-state index contributed by atoms with van der Waals surface area (Å²) in [6.07, 6.45) is 1.56. The van der Waals surface area contributed by atoms with Crippen LogP contribution in [0.1, 0.15) is 31.4 Å². The second kappa shape index (κ2) is 4.68. The molecule has 0 aliphatic carbocycles. The molecule has 80 valence electrons. The highest BCUT2D eigenvalue weighted by atomic mass is 35.5. The van der Waals surface area contributed by atoms with Gasteiger partial charge >= 0.3 is 0 Å². The maximum absolute atomic E-state index is 9.10. The molecular formula is C13H16ClN. The molecule has 0 N–H and O–H groups in total. The van der Waals surface area contributed by atoms with E-state index in [-0.39, 0.29) is 5.41 Å². The third kappa shape index (κ3) is 2.97. The molecule has 0 aliphatic heterocycles. The topological polar surface area (TPSA) is 23.8 Å². The van der Waals surface area contributed by atoms with Crippen LogP contribution in [0.3, 0.4) is 0 Å². The summed E-state index contributed by atoms with van der Waals surface area (Å²) in [5, 5.41) is 9.87. The first-order chi connectivity index (χ1) is 7.00. The number of rotatable bonds is 3. The zero-order valence-electron chi connectivity index (χ0n) is 9.47. The lowest BCUT2D eigenvalue weighted by atomic mass is 9.82. The minimum absolute atomic E-state index is 0.307. The Morgan fingerprint density at radius 2 is 2.13 bits per heavy atom. The summed E-state index contributed by atoms with van der Waals surface area (Å²) in [7, 11) is 0. The highest BCUT2D eigenvalue weighted by molar-refractivity contribution is 6.31. The number of hydrogen-bond acceptors (Lipinski definition) is 1. The predicted molar refractivity (Wildman–Crippen MR) is 63.9 cm³/mol. The average Bonchev–Trinajstić information content (AvgIpc) is 2.22. The van der Waals surface area contributed by atoms with E-state index in [0.29, 0.717) is 0 Å². The molecule has 1 nitrogen and oxygen atoms in total. The Hall–Kier alpha value is -1.00. The Bertz CT molecular complexity index is 392. The zero-order chi connectivity index (χ0) is 11.5. The fourth-order valence-electron chi connectivity index (χ4n) is 1.46. The van der Waals surface area contributed by atoms with Crippen LogP contribution in [0.5, 0.6) is 0 Å². The SMILES string of the molecule is CCC(C)(C#N)Cc1ccc(C)cc1Cl. The molecule has 0 aliphatic rings. The lowest BCUT2D eigenvalue weighted by molar-refractivity contribution is 0.423. The zero-order valence-corrected chi connectivity index (χ0v) is 10.2. The number of nitriles is 1. The first-order valence-corrected chi connectivity index (χ1v) is 5.55. The summed E-state index contributed by atoms with van der Waals surface area (Å²) in [6.45, 7) is 6.02. The van der Waals surface area contributed by atoms with Gasteiger partial charge in [0.2, 0.25) is 0 Å². The molecule has 1 unspecified atom stereocenters. The predicted octanol–water partition coefficient (Wildman–Crippen LogP) is 4.13. The van der Waals surface area contributed by atoms with E-state index < -0.39 is 0 Å². The Morgan fingerprint density at radius 3 is 2.60 bits per heavy atom. The molecule has 0 aromatic heterocycles. The van der Waals surface area contributed by atoms with Gasteiger partial charge in [-0.15, -0.1) is 0 Å². The molecule has 0 radical (unpaired) electrons. The average molecular weight is 222 g/mol. The molecular weight excluding hydrogens is 206 g/mol. The number of aryl methyl sites for hydroxylation is 1. The van der Waals surface area contributed by atoms with Gasteiger partial charge in [0, 0.05) is 5.02 Å². The lowest BCUT2D eigenvalue weighted by Crippen LogP contribution is -2.16. The van der Waals surface area contributed by atoms with E-state index in [0.717, 1.165) is 29.0 Å². The molecule has 2 heteroatoms. The van der Waals surface area contributed by atoms with Gasteiger partial charge in [0.15, 0.2) is 0 Å². The van der Waals surface area contributed by atoms with Crippen molar-refractivity contribution >= 4 is 11.6 Å². The van der Waals surface area contributed by atoms with Gasteiger partial charge < -0.3 is 0 Å². The molecule has 1 aromatic rings. The van der Waals surface area contributed by atoms with Crippen molar-refractivity contribution in [3.63, 3.8) is 0 Å². The van der Waals surface area contributed by atoms with E-state index >= 15 is 0 Å². The van der Waals surface area contributed by atoms with Crippen LogP contribution in [-0.2, 0) is 6.42 Å². The van der Waals surface area contributed by atoms with Crippen molar-refractivity contribution in [2.45, 2.75) is 33.6 Å². The Kier molecular flexibility index (Phi) is 3.77. The van der Waals surface area contributed by atoms with E-state index in [4.69, 9.17) is 16.9 Å². The maximum Gasteiger partial charge on any atom is 0.0690 e. The van der Waals surface area contributed by atoms with Crippen LogP contribution in [0.2, 0.25) is 5.02 Å². The van der Waals surface area contributed by atoms with Crippen molar-refractivity contribution in [3.8, 4) is 6.07 Å². The van der Waals surface area contributed by atoms with Gasteiger partial charge in [-0.05, 0) is 43.9 Å². The molecule has 0 amide bonds. The third-order valence-corrected chi connectivity index (χ3v) is 3.19.